The molecule has 1 aliphatic rings. The number of primary amides is 1. The molecule has 0 unspecified atom stereocenters. The maximum Gasteiger partial charge on any atom is 0.247 e. The molecule has 2 amide bonds. The van der Waals surface area contributed by atoms with Gasteiger partial charge in [-0.2, -0.15) is 0 Å². The van der Waals surface area contributed by atoms with E-state index in [9.17, 15) is 14.0 Å². The molecule has 172 valence electrons. The van der Waals surface area contributed by atoms with Gasteiger partial charge in [0, 0.05) is 24.0 Å². The molecule has 2 N–H and O–H groups in total. The minimum absolute atomic E-state index is 0.0396. The predicted octanol–water partition coefficient (Wildman–Crippen LogP) is 5.90. The van der Waals surface area contributed by atoms with Gasteiger partial charge in [0.1, 0.15) is 17.0 Å². The number of carbonyl (C=O) groups excluding carboxylic acids is 2. The number of hydrogen-bond donors (Lipinski definition) is 1. The van der Waals surface area contributed by atoms with Gasteiger partial charge in [-0.25, -0.2) is 8.78 Å². The van der Waals surface area contributed by atoms with E-state index < -0.39 is 28.9 Å². The van der Waals surface area contributed by atoms with Crippen LogP contribution in [0.3, 0.4) is 0 Å². The Kier molecular flexibility index (Phi) is 5.72. The molecule has 2 aromatic carbocycles. The van der Waals surface area contributed by atoms with E-state index in [0.29, 0.717) is 18.6 Å². The Morgan fingerprint density at radius 2 is 1.74 bits per heavy atom. The summed E-state index contributed by atoms with van der Waals surface area (Å²) >= 11 is 3.66. The molecule has 2 aromatic heterocycles. The third-order valence-electron chi connectivity index (χ3n) is 5.66. The lowest BCUT2D eigenvalue weighted by molar-refractivity contribution is -0.133. The quantitative estimate of drug-likeness (QED) is 0.224. The Balaban J connectivity index is 1.52. The van der Waals surface area contributed by atoms with Crippen LogP contribution >= 0.6 is 33.9 Å². The number of hydrogen-bond acceptors (Lipinski definition) is 5. The summed E-state index contributed by atoms with van der Waals surface area (Å²) in [6.45, 7) is 0. The van der Waals surface area contributed by atoms with Gasteiger partial charge >= 0.3 is 0 Å². The molecule has 0 bridgehead atoms. The van der Waals surface area contributed by atoms with Crippen LogP contribution in [0.15, 0.2) is 60.8 Å². The lowest BCUT2D eigenvalue weighted by Crippen LogP contribution is -2.41. The van der Waals surface area contributed by atoms with E-state index in [0.717, 1.165) is 19.2 Å². The molecule has 34 heavy (non-hydrogen) atoms. The second kappa shape index (κ2) is 8.58. The number of fused-ring (bicyclic) bond motifs is 1. The van der Waals surface area contributed by atoms with Crippen LogP contribution in [0.25, 0.3) is 10.2 Å². The van der Waals surface area contributed by atoms with Gasteiger partial charge in [-0.3, -0.25) is 19.5 Å². The molecule has 5 rings (SSSR count). The standard InChI is InChI=1S/C24H16F2IN3O3S/c25-13-1-3-14(4-2-13)30(23(32)24(8-9-24)22(28)31)15-5-6-18(16(26)11-15)33-19-7-10-29-17-12-20(27)34-21(17)19/h1-7,10-12H,8-9H2,(H2,28,31). The Bertz CT molecular complexity index is 1440. The largest absolute Gasteiger partial charge is 0.453 e. The number of carbonyl (C=O) groups is 2. The number of rotatable bonds is 6. The van der Waals surface area contributed by atoms with Crippen molar-refractivity contribution in [2.24, 2.45) is 11.1 Å². The minimum atomic E-state index is -1.35. The molecule has 0 spiro atoms. The van der Waals surface area contributed by atoms with Crippen molar-refractivity contribution >= 4 is 67.3 Å². The highest BCUT2D eigenvalue weighted by Crippen LogP contribution is 2.49. The van der Waals surface area contributed by atoms with Crippen molar-refractivity contribution in [2.45, 2.75) is 12.8 Å². The van der Waals surface area contributed by atoms with Gasteiger partial charge in [0.2, 0.25) is 11.8 Å². The van der Waals surface area contributed by atoms with Crippen molar-refractivity contribution in [1.82, 2.24) is 4.98 Å². The number of benzene rings is 2. The van der Waals surface area contributed by atoms with Crippen LogP contribution in [0.2, 0.25) is 0 Å². The molecule has 4 aromatic rings. The molecule has 2 heterocycles. The summed E-state index contributed by atoms with van der Waals surface area (Å²) in [6.07, 6.45) is 2.20. The molecular weight excluding hydrogens is 575 g/mol. The summed E-state index contributed by atoms with van der Waals surface area (Å²) in [6, 6.07) is 12.8. The highest BCUT2D eigenvalue weighted by atomic mass is 127. The number of thiophene rings is 1. The van der Waals surface area contributed by atoms with Crippen molar-refractivity contribution in [3.05, 3.63) is 75.3 Å². The van der Waals surface area contributed by atoms with Crippen molar-refractivity contribution in [1.29, 1.82) is 0 Å². The lowest BCUT2D eigenvalue weighted by Gasteiger charge is -2.26. The number of ether oxygens (including phenoxy) is 1. The third-order valence-corrected chi connectivity index (χ3v) is 7.56. The van der Waals surface area contributed by atoms with E-state index >= 15 is 4.39 Å². The monoisotopic (exact) mass is 591 g/mol. The molecule has 0 radical (unpaired) electrons. The molecule has 10 heteroatoms. The van der Waals surface area contributed by atoms with Crippen LogP contribution in [-0.2, 0) is 9.59 Å². The van der Waals surface area contributed by atoms with E-state index in [1.54, 1.807) is 12.3 Å². The lowest BCUT2D eigenvalue weighted by atomic mass is 10.0. The topological polar surface area (TPSA) is 85.5 Å². The highest BCUT2D eigenvalue weighted by molar-refractivity contribution is 14.1. The average Bonchev–Trinajstić information content (AvgIpc) is 3.53. The van der Waals surface area contributed by atoms with Crippen LogP contribution in [0.4, 0.5) is 20.2 Å². The van der Waals surface area contributed by atoms with Gasteiger partial charge in [-0.05, 0) is 77.9 Å². The van der Waals surface area contributed by atoms with Crippen molar-refractivity contribution < 1.29 is 23.1 Å². The maximum absolute atomic E-state index is 15.2. The summed E-state index contributed by atoms with van der Waals surface area (Å²) in [5.41, 5.74) is 5.35. The smallest absolute Gasteiger partial charge is 0.247 e. The first kappa shape index (κ1) is 22.7. The van der Waals surface area contributed by atoms with Crippen molar-refractivity contribution in [2.75, 3.05) is 4.90 Å². The van der Waals surface area contributed by atoms with Gasteiger partial charge in [-0.1, -0.05) is 0 Å². The Morgan fingerprint density at radius 1 is 1.03 bits per heavy atom. The van der Waals surface area contributed by atoms with Crippen molar-refractivity contribution in [3.8, 4) is 11.5 Å². The Morgan fingerprint density at radius 3 is 2.38 bits per heavy atom. The van der Waals surface area contributed by atoms with Crippen molar-refractivity contribution in [3.63, 3.8) is 0 Å². The van der Waals surface area contributed by atoms with Gasteiger partial charge in [0.25, 0.3) is 0 Å². The third kappa shape index (κ3) is 4.00. The SMILES string of the molecule is NC(=O)C1(C(=O)N(c2ccc(F)cc2)c2ccc(Oc3ccnc4cc(I)sc34)c(F)c2)CC1. The van der Waals surface area contributed by atoms with E-state index in [-0.39, 0.29) is 17.1 Å². The maximum atomic E-state index is 15.2. The fraction of sp³-hybridized carbons (Fsp3) is 0.125. The molecule has 0 aliphatic heterocycles. The fourth-order valence-electron chi connectivity index (χ4n) is 3.67. The molecule has 1 aliphatic carbocycles. The Hall–Kier alpha value is -3.12. The zero-order valence-corrected chi connectivity index (χ0v) is 20.4. The predicted molar refractivity (Wildman–Crippen MR) is 133 cm³/mol. The Labute approximate surface area is 210 Å². The number of halogens is 3. The van der Waals surface area contributed by atoms with E-state index in [4.69, 9.17) is 10.5 Å². The summed E-state index contributed by atoms with van der Waals surface area (Å²) in [5, 5.41) is 0. The summed E-state index contributed by atoms with van der Waals surface area (Å²) in [4.78, 5) is 30.8. The van der Waals surface area contributed by atoms with Gasteiger partial charge in [0.05, 0.1) is 18.8 Å². The number of nitrogens with two attached hydrogens (primary N) is 1. The van der Waals surface area contributed by atoms with Gasteiger partial charge in [0.15, 0.2) is 11.6 Å². The summed E-state index contributed by atoms with van der Waals surface area (Å²) in [5.74, 6) is -2.10. The molecule has 0 saturated heterocycles. The number of pyridine rings is 1. The fourth-order valence-corrected chi connectivity index (χ4v) is 5.42. The number of nitrogens with zero attached hydrogens (tertiary/aromatic N) is 2. The summed E-state index contributed by atoms with van der Waals surface area (Å²) in [7, 11) is 0. The molecule has 1 fully saturated rings. The van der Waals surface area contributed by atoms with Crippen LogP contribution in [0, 0.1) is 19.9 Å². The molecule has 6 nitrogen and oxygen atoms in total. The van der Waals surface area contributed by atoms with Crippen LogP contribution in [0.5, 0.6) is 11.5 Å². The number of amides is 2. The minimum Gasteiger partial charge on any atom is -0.453 e. The zero-order valence-electron chi connectivity index (χ0n) is 17.4. The zero-order chi connectivity index (χ0) is 24.0. The van der Waals surface area contributed by atoms with E-state index in [1.807, 2.05) is 6.07 Å². The first-order chi connectivity index (χ1) is 16.3. The van der Waals surface area contributed by atoms with Crippen LogP contribution in [-0.4, -0.2) is 16.8 Å². The number of aromatic nitrogens is 1. The highest BCUT2D eigenvalue weighted by Gasteiger charge is 2.57. The summed E-state index contributed by atoms with van der Waals surface area (Å²) < 4.78 is 36.3. The number of anilines is 2. The first-order valence-electron chi connectivity index (χ1n) is 10.2. The van der Waals surface area contributed by atoms with Gasteiger partial charge < -0.3 is 10.5 Å². The normalized spacial score (nSPS) is 14.1. The van der Waals surface area contributed by atoms with Gasteiger partial charge in [-0.15, -0.1) is 11.3 Å². The second-order valence-electron chi connectivity index (χ2n) is 7.85. The second-order valence-corrected chi connectivity index (χ2v) is 10.8. The molecule has 1 saturated carbocycles. The average molecular weight is 591 g/mol. The first-order valence-corrected chi connectivity index (χ1v) is 12.1. The van der Waals surface area contributed by atoms with Crippen LogP contribution in [0.1, 0.15) is 12.8 Å². The molecule has 0 atom stereocenters. The van der Waals surface area contributed by atoms with E-state index in [2.05, 4.69) is 27.6 Å². The molecular formula is C24H16F2IN3O3S. The van der Waals surface area contributed by atoms with E-state index in [1.165, 1.54) is 52.6 Å². The van der Waals surface area contributed by atoms with Crippen LogP contribution < -0.4 is 15.4 Å².